The third kappa shape index (κ3) is 6.78. The number of piperidine rings is 1. The van der Waals surface area contributed by atoms with Crippen molar-refractivity contribution < 1.29 is 14.3 Å². The van der Waals surface area contributed by atoms with E-state index in [1.165, 1.54) is 23.1 Å². The standard InChI is InChI=1S/C28H36ClN5O3S2/c1-6-22(38-8-3)23-26(34-16-17(4)13-18(34)5)39-28(31-23)32-25(35)20-14-21(29)24(30-15-20)33-11-9-19(10-12-33)27(36)37-7-2/h6,8,14-15,17-19H,3,7,9-13,16H2,1-2,4-5H3,(H,31,32,35)/b22-6-. The van der Waals surface area contributed by atoms with Crippen molar-refractivity contribution in [2.45, 2.75) is 53.0 Å². The first-order valence-corrected chi connectivity index (χ1v) is 15.4. The molecular weight excluding hydrogens is 554 g/mol. The lowest BCUT2D eigenvalue weighted by atomic mass is 9.97. The summed E-state index contributed by atoms with van der Waals surface area (Å²) in [6, 6.07) is 2.04. The van der Waals surface area contributed by atoms with E-state index < -0.39 is 0 Å². The quantitative estimate of drug-likeness (QED) is 0.323. The maximum absolute atomic E-state index is 13.2. The molecule has 2 aliphatic rings. The molecule has 1 N–H and O–H groups in total. The van der Waals surface area contributed by atoms with Gasteiger partial charge in [-0.05, 0) is 57.4 Å². The summed E-state index contributed by atoms with van der Waals surface area (Å²) >= 11 is 9.60. The minimum atomic E-state index is -0.315. The van der Waals surface area contributed by atoms with Crippen LogP contribution in [-0.2, 0) is 9.53 Å². The summed E-state index contributed by atoms with van der Waals surface area (Å²) in [4.78, 5) is 40.0. The Morgan fingerprint density at radius 3 is 2.67 bits per heavy atom. The van der Waals surface area contributed by atoms with E-state index in [1.807, 2.05) is 24.8 Å². The maximum atomic E-state index is 13.2. The number of allylic oxidation sites excluding steroid dienone is 1. The molecule has 4 rings (SSSR count). The monoisotopic (exact) mass is 589 g/mol. The molecule has 39 heavy (non-hydrogen) atoms. The topological polar surface area (TPSA) is 87.7 Å². The second kappa shape index (κ2) is 13.2. The Bertz CT molecular complexity index is 1240. The van der Waals surface area contributed by atoms with Crippen molar-refractivity contribution in [3.8, 4) is 0 Å². The average Bonchev–Trinajstić information content (AvgIpc) is 3.48. The summed E-state index contributed by atoms with van der Waals surface area (Å²) in [5.74, 6) is 0.653. The van der Waals surface area contributed by atoms with Crippen LogP contribution >= 0.6 is 34.7 Å². The van der Waals surface area contributed by atoms with Crippen molar-refractivity contribution >= 4 is 67.4 Å². The van der Waals surface area contributed by atoms with Gasteiger partial charge in [0.25, 0.3) is 5.91 Å². The Kier molecular flexibility index (Phi) is 9.96. The number of hydrogen-bond donors (Lipinski definition) is 1. The van der Waals surface area contributed by atoms with Crippen molar-refractivity contribution in [1.29, 1.82) is 0 Å². The average molecular weight is 590 g/mol. The van der Waals surface area contributed by atoms with Gasteiger partial charge in [-0.3, -0.25) is 14.9 Å². The van der Waals surface area contributed by atoms with E-state index >= 15 is 0 Å². The molecule has 11 heteroatoms. The Labute approximate surface area is 243 Å². The van der Waals surface area contributed by atoms with Gasteiger partial charge in [-0.25, -0.2) is 9.97 Å². The minimum absolute atomic E-state index is 0.0992. The molecule has 2 aromatic heterocycles. The van der Waals surface area contributed by atoms with E-state index in [0.29, 0.717) is 66.0 Å². The van der Waals surface area contributed by atoms with Crippen molar-refractivity contribution in [2.75, 3.05) is 41.4 Å². The van der Waals surface area contributed by atoms with Gasteiger partial charge < -0.3 is 14.5 Å². The number of carbonyl (C=O) groups is 2. The van der Waals surface area contributed by atoms with Crippen molar-refractivity contribution in [3.05, 3.63) is 46.6 Å². The van der Waals surface area contributed by atoms with Gasteiger partial charge in [0.15, 0.2) is 5.13 Å². The largest absolute Gasteiger partial charge is 0.466 e. The first kappa shape index (κ1) is 29.4. The van der Waals surface area contributed by atoms with Gasteiger partial charge in [-0.15, -0.1) is 0 Å². The van der Waals surface area contributed by atoms with E-state index in [2.05, 4.69) is 35.6 Å². The summed E-state index contributed by atoms with van der Waals surface area (Å²) in [6.07, 6.45) is 6.05. The van der Waals surface area contributed by atoms with E-state index in [9.17, 15) is 9.59 Å². The molecule has 2 fully saturated rings. The fourth-order valence-corrected chi connectivity index (χ4v) is 7.21. The number of hydrogen-bond acceptors (Lipinski definition) is 9. The zero-order valence-corrected chi connectivity index (χ0v) is 25.3. The Morgan fingerprint density at radius 1 is 1.33 bits per heavy atom. The second-order valence-corrected chi connectivity index (χ2v) is 12.3. The molecule has 1 amide bonds. The fourth-order valence-electron chi connectivity index (χ4n) is 5.20. The molecule has 8 nitrogen and oxygen atoms in total. The zero-order chi connectivity index (χ0) is 28.1. The van der Waals surface area contributed by atoms with Gasteiger partial charge in [0, 0.05) is 36.8 Å². The van der Waals surface area contributed by atoms with Crippen LogP contribution in [0, 0.1) is 11.8 Å². The summed E-state index contributed by atoms with van der Waals surface area (Å²) in [5, 5.41) is 6.74. The van der Waals surface area contributed by atoms with Gasteiger partial charge in [0.1, 0.15) is 16.5 Å². The highest BCUT2D eigenvalue weighted by atomic mass is 35.5. The van der Waals surface area contributed by atoms with Crippen LogP contribution in [0.25, 0.3) is 4.91 Å². The van der Waals surface area contributed by atoms with E-state index in [4.69, 9.17) is 21.3 Å². The highest BCUT2D eigenvalue weighted by Gasteiger charge is 2.31. The van der Waals surface area contributed by atoms with Crippen LogP contribution in [0.5, 0.6) is 0 Å². The van der Waals surface area contributed by atoms with Gasteiger partial charge in [-0.1, -0.05) is 54.3 Å². The van der Waals surface area contributed by atoms with Crippen LogP contribution in [0.1, 0.15) is 63.0 Å². The lowest BCUT2D eigenvalue weighted by Gasteiger charge is -2.32. The maximum Gasteiger partial charge on any atom is 0.309 e. The van der Waals surface area contributed by atoms with Crippen LogP contribution in [0.3, 0.4) is 0 Å². The second-order valence-electron chi connectivity index (χ2n) is 9.95. The zero-order valence-electron chi connectivity index (χ0n) is 22.9. The third-order valence-corrected chi connectivity index (χ3v) is 9.21. The number of halogens is 1. The number of esters is 1. The highest BCUT2D eigenvalue weighted by Crippen LogP contribution is 2.43. The van der Waals surface area contributed by atoms with Crippen molar-refractivity contribution in [1.82, 2.24) is 9.97 Å². The Morgan fingerprint density at radius 2 is 2.08 bits per heavy atom. The lowest BCUT2D eigenvalue weighted by Crippen LogP contribution is -2.37. The predicted molar refractivity (Wildman–Crippen MR) is 163 cm³/mol. The van der Waals surface area contributed by atoms with Crippen molar-refractivity contribution in [3.63, 3.8) is 0 Å². The summed E-state index contributed by atoms with van der Waals surface area (Å²) in [7, 11) is 0. The summed E-state index contributed by atoms with van der Waals surface area (Å²) in [6.45, 7) is 14.8. The number of pyridine rings is 1. The number of thioether (sulfide) groups is 1. The fraction of sp³-hybridized carbons (Fsp3) is 0.500. The lowest BCUT2D eigenvalue weighted by molar-refractivity contribution is -0.148. The third-order valence-electron chi connectivity index (χ3n) is 7.08. The van der Waals surface area contributed by atoms with Gasteiger partial charge >= 0.3 is 5.97 Å². The first-order chi connectivity index (χ1) is 18.7. The number of carbonyl (C=O) groups excluding carboxylic acids is 2. The van der Waals surface area contributed by atoms with Gasteiger partial charge in [0.2, 0.25) is 0 Å². The Hall–Kier alpha value is -2.56. The van der Waals surface area contributed by atoms with Gasteiger partial charge in [0.05, 0.1) is 23.1 Å². The van der Waals surface area contributed by atoms with Gasteiger partial charge in [-0.2, -0.15) is 0 Å². The molecule has 0 spiro atoms. The normalized spacial score (nSPS) is 20.3. The molecule has 0 aliphatic carbocycles. The van der Waals surface area contributed by atoms with E-state index in [0.717, 1.165) is 28.6 Å². The number of nitrogens with zero attached hydrogens (tertiary/aromatic N) is 4. The molecule has 0 radical (unpaired) electrons. The van der Waals surface area contributed by atoms with E-state index in [-0.39, 0.29) is 17.8 Å². The molecule has 2 aliphatic heterocycles. The number of ether oxygens (including phenoxy) is 1. The van der Waals surface area contributed by atoms with E-state index in [1.54, 1.807) is 17.7 Å². The van der Waals surface area contributed by atoms with Crippen LogP contribution in [-0.4, -0.2) is 54.1 Å². The van der Waals surface area contributed by atoms with Crippen LogP contribution in [0.2, 0.25) is 5.02 Å². The van der Waals surface area contributed by atoms with Crippen LogP contribution in [0.4, 0.5) is 16.0 Å². The molecule has 2 saturated heterocycles. The van der Waals surface area contributed by atoms with Crippen molar-refractivity contribution in [2.24, 2.45) is 11.8 Å². The highest BCUT2D eigenvalue weighted by molar-refractivity contribution is 8.10. The van der Waals surface area contributed by atoms with Crippen LogP contribution in [0.15, 0.2) is 30.3 Å². The molecule has 4 heterocycles. The number of aromatic nitrogens is 2. The minimum Gasteiger partial charge on any atom is -0.466 e. The Balaban J connectivity index is 1.49. The molecule has 0 saturated carbocycles. The molecule has 2 atom stereocenters. The smallest absolute Gasteiger partial charge is 0.309 e. The SMILES string of the molecule is C=CS/C(=C\C)c1nc(NC(=O)c2cnc(N3CCC(C(=O)OCC)CC3)c(Cl)c2)sc1N1CC(C)CC1C. The first-order valence-electron chi connectivity index (χ1n) is 13.4. The van der Waals surface area contributed by atoms with Crippen LogP contribution < -0.4 is 15.1 Å². The molecular formula is C28H36ClN5O3S2. The number of nitrogens with one attached hydrogen (secondary N) is 1. The summed E-state index contributed by atoms with van der Waals surface area (Å²) in [5.41, 5.74) is 1.22. The summed E-state index contributed by atoms with van der Waals surface area (Å²) < 4.78 is 5.16. The number of rotatable bonds is 9. The molecule has 0 bridgehead atoms. The number of anilines is 3. The number of thiazole rings is 1. The predicted octanol–water partition coefficient (Wildman–Crippen LogP) is 6.70. The number of amides is 1. The molecule has 210 valence electrons. The molecule has 2 unspecified atom stereocenters. The molecule has 2 aromatic rings. The molecule has 0 aromatic carbocycles.